The summed E-state index contributed by atoms with van der Waals surface area (Å²) in [6, 6.07) is 1.39. The third-order valence-corrected chi connectivity index (χ3v) is 2.17. The molecule has 0 atom stereocenters. The minimum absolute atomic E-state index is 1.06. The van der Waals surface area contributed by atoms with Crippen LogP contribution < -0.4 is 0 Å². The Morgan fingerprint density at radius 3 is 2.75 bits per heavy atom. The monoisotopic (exact) mass is 126 g/mol. The summed E-state index contributed by atoms with van der Waals surface area (Å²) in [5.74, 6) is 0. The molecule has 2 radical (unpaired) electrons. The molecule has 0 saturated heterocycles. The lowest BCUT2D eigenvalue weighted by Gasteiger charge is -1.87. The van der Waals surface area contributed by atoms with Crippen LogP contribution >= 0.6 is 0 Å². The van der Waals surface area contributed by atoms with E-state index < -0.39 is 0 Å². The van der Waals surface area contributed by atoms with Crippen LogP contribution in [0.5, 0.6) is 0 Å². The molecule has 0 aromatic heterocycles. The van der Waals surface area contributed by atoms with Crippen molar-refractivity contribution in [1.29, 1.82) is 0 Å². The summed E-state index contributed by atoms with van der Waals surface area (Å²) in [7, 11) is 1.06. The zero-order chi connectivity index (χ0) is 6.24. The Balaban J connectivity index is 2.72. The second-order valence-corrected chi connectivity index (χ2v) is 3.05. The number of allylic oxidation sites excluding steroid dienone is 1. The molecule has 0 aromatic carbocycles. The summed E-state index contributed by atoms with van der Waals surface area (Å²) >= 11 is 0. The Kier molecular flexibility index (Phi) is 6.92. The predicted octanol–water partition coefficient (Wildman–Crippen LogP) is 2.44. The molecule has 46 valence electrons. The van der Waals surface area contributed by atoms with Crippen LogP contribution in [-0.4, -0.2) is 9.52 Å². The zero-order valence-electron chi connectivity index (χ0n) is 5.78. The van der Waals surface area contributed by atoms with Crippen LogP contribution in [0, 0.1) is 0 Å². The fourth-order valence-electron chi connectivity index (χ4n) is 0.480. The molecule has 0 nitrogen and oxygen atoms in total. The van der Waals surface area contributed by atoms with Gasteiger partial charge in [0.2, 0.25) is 0 Å². The van der Waals surface area contributed by atoms with E-state index in [0.717, 1.165) is 9.52 Å². The van der Waals surface area contributed by atoms with Gasteiger partial charge in [-0.3, -0.25) is 0 Å². The smallest absolute Gasteiger partial charge is 0.0698 e. The second kappa shape index (κ2) is 6.96. The Morgan fingerprint density at radius 2 is 2.25 bits per heavy atom. The number of unbranched alkanes of at least 4 members (excludes halogenated alkanes) is 1. The Morgan fingerprint density at radius 1 is 1.50 bits per heavy atom. The molecule has 0 rings (SSSR count). The summed E-state index contributed by atoms with van der Waals surface area (Å²) in [4.78, 5) is 0. The van der Waals surface area contributed by atoms with E-state index in [-0.39, 0.29) is 0 Å². The summed E-state index contributed by atoms with van der Waals surface area (Å²) in [6.45, 7) is 4.32. The summed E-state index contributed by atoms with van der Waals surface area (Å²) in [5.41, 5.74) is 2.26. The number of hydrogen-bond acceptors (Lipinski definition) is 0. The van der Waals surface area contributed by atoms with Gasteiger partial charge in [-0.15, -0.1) is 5.70 Å². The molecule has 0 amide bonds. The highest BCUT2D eigenvalue weighted by Crippen LogP contribution is 1.92. The molecule has 0 aliphatic carbocycles. The van der Waals surface area contributed by atoms with Crippen molar-refractivity contribution in [3.8, 4) is 0 Å². The van der Waals surface area contributed by atoms with Crippen LogP contribution in [0.15, 0.2) is 11.8 Å². The maximum absolute atomic E-state index is 2.26. The molecule has 0 N–H and O–H groups in total. The standard InChI is InChI=1S/C7H14Si/c1-3-5-7-8-6-4-2/h4,6H,3,5,7H2,1-2H3. The van der Waals surface area contributed by atoms with E-state index in [2.05, 4.69) is 25.6 Å². The largest absolute Gasteiger partial charge is 0.103 e. The molecule has 0 saturated carbocycles. The first-order valence-electron chi connectivity index (χ1n) is 3.26. The lowest BCUT2D eigenvalue weighted by Crippen LogP contribution is -1.81. The molecule has 0 bridgehead atoms. The van der Waals surface area contributed by atoms with Gasteiger partial charge >= 0.3 is 0 Å². The van der Waals surface area contributed by atoms with Crippen molar-refractivity contribution in [3.63, 3.8) is 0 Å². The first-order valence-corrected chi connectivity index (χ1v) is 4.54. The molecule has 8 heavy (non-hydrogen) atoms. The van der Waals surface area contributed by atoms with Crippen LogP contribution in [0.25, 0.3) is 0 Å². The number of hydrogen-bond donors (Lipinski definition) is 0. The van der Waals surface area contributed by atoms with Crippen molar-refractivity contribution < 1.29 is 0 Å². The van der Waals surface area contributed by atoms with Gasteiger partial charge in [0.25, 0.3) is 0 Å². The average molecular weight is 126 g/mol. The third kappa shape index (κ3) is 5.96. The summed E-state index contributed by atoms with van der Waals surface area (Å²) < 4.78 is 0. The van der Waals surface area contributed by atoms with Crippen molar-refractivity contribution in [2.24, 2.45) is 0 Å². The summed E-state index contributed by atoms with van der Waals surface area (Å²) in [5, 5.41) is 0. The van der Waals surface area contributed by atoms with Gasteiger partial charge in [-0.1, -0.05) is 31.9 Å². The van der Waals surface area contributed by atoms with E-state index in [1.807, 2.05) is 0 Å². The normalized spacial score (nSPS) is 10.8. The predicted molar refractivity (Wildman–Crippen MR) is 40.3 cm³/mol. The minimum Gasteiger partial charge on any atom is -0.103 e. The van der Waals surface area contributed by atoms with Gasteiger partial charge in [0, 0.05) is 0 Å². The van der Waals surface area contributed by atoms with E-state index in [1.165, 1.54) is 18.9 Å². The average Bonchev–Trinajstić information content (AvgIpc) is 1.81. The van der Waals surface area contributed by atoms with Gasteiger partial charge in [0.15, 0.2) is 0 Å². The molecule has 0 aliphatic heterocycles. The van der Waals surface area contributed by atoms with Crippen molar-refractivity contribution >= 4 is 9.52 Å². The topological polar surface area (TPSA) is 0 Å². The van der Waals surface area contributed by atoms with Gasteiger partial charge in [0.05, 0.1) is 9.52 Å². The van der Waals surface area contributed by atoms with E-state index in [1.54, 1.807) is 0 Å². The van der Waals surface area contributed by atoms with Gasteiger partial charge in [-0.25, -0.2) is 0 Å². The van der Waals surface area contributed by atoms with Gasteiger partial charge in [-0.2, -0.15) is 0 Å². The summed E-state index contributed by atoms with van der Waals surface area (Å²) in [6.07, 6.45) is 4.86. The Bertz CT molecular complexity index is 57.4. The molecular formula is C7H14Si. The molecule has 1 heteroatoms. The lowest BCUT2D eigenvalue weighted by atomic mass is 10.4. The van der Waals surface area contributed by atoms with Crippen molar-refractivity contribution in [1.82, 2.24) is 0 Å². The van der Waals surface area contributed by atoms with Gasteiger partial charge in [-0.05, 0) is 6.92 Å². The molecule has 0 unspecified atom stereocenters. The quantitative estimate of drug-likeness (QED) is 0.401. The van der Waals surface area contributed by atoms with Crippen LogP contribution in [0.3, 0.4) is 0 Å². The van der Waals surface area contributed by atoms with Gasteiger partial charge in [0.1, 0.15) is 0 Å². The highest BCUT2D eigenvalue weighted by molar-refractivity contribution is 6.41. The second-order valence-electron chi connectivity index (χ2n) is 1.81. The Hall–Kier alpha value is -0.0431. The van der Waals surface area contributed by atoms with Crippen LogP contribution in [0.4, 0.5) is 0 Å². The molecular weight excluding hydrogens is 112 g/mol. The van der Waals surface area contributed by atoms with E-state index in [4.69, 9.17) is 0 Å². The van der Waals surface area contributed by atoms with Crippen LogP contribution in [0.1, 0.15) is 26.7 Å². The number of rotatable bonds is 4. The fraction of sp³-hybridized carbons (Fsp3) is 0.714. The minimum atomic E-state index is 1.06. The highest BCUT2D eigenvalue weighted by atomic mass is 28.2. The Labute approximate surface area is 54.8 Å². The molecule has 0 heterocycles. The first kappa shape index (κ1) is 7.96. The SMILES string of the molecule is CC=C[Si]CCCC. The van der Waals surface area contributed by atoms with E-state index >= 15 is 0 Å². The van der Waals surface area contributed by atoms with Crippen LogP contribution in [-0.2, 0) is 0 Å². The van der Waals surface area contributed by atoms with Gasteiger partial charge < -0.3 is 0 Å². The third-order valence-electron chi connectivity index (χ3n) is 0.959. The first-order chi connectivity index (χ1) is 3.91. The lowest BCUT2D eigenvalue weighted by molar-refractivity contribution is 0.881. The molecule has 0 aromatic rings. The van der Waals surface area contributed by atoms with E-state index in [9.17, 15) is 0 Å². The fourth-order valence-corrected chi connectivity index (χ4v) is 1.44. The van der Waals surface area contributed by atoms with Crippen molar-refractivity contribution in [3.05, 3.63) is 11.8 Å². The van der Waals surface area contributed by atoms with Crippen molar-refractivity contribution in [2.45, 2.75) is 32.7 Å². The molecule has 0 fully saturated rings. The highest BCUT2D eigenvalue weighted by Gasteiger charge is 1.80. The van der Waals surface area contributed by atoms with Crippen molar-refractivity contribution in [2.75, 3.05) is 0 Å². The molecule has 0 spiro atoms. The zero-order valence-corrected chi connectivity index (χ0v) is 6.78. The molecule has 0 aliphatic rings. The van der Waals surface area contributed by atoms with E-state index in [0.29, 0.717) is 0 Å². The maximum Gasteiger partial charge on any atom is 0.0698 e. The maximum atomic E-state index is 2.26. The van der Waals surface area contributed by atoms with Crippen LogP contribution in [0.2, 0.25) is 6.04 Å².